The van der Waals surface area contributed by atoms with Gasteiger partial charge in [-0.05, 0) is 36.5 Å². The van der Waals surface area contributed by atoms with Gasteiger partial charge in [0.15, 0.2) is 5.72 Å². The molecule has 2 fully saturated rings. The van der Waals surface area contributed by atoms with Gasteiger partial charge in [0, 0.05) is 25.1 Å². The molecule has 0 bridgehead atoms. The quantitative estimate of drug-likeness (QED) is 0.741. The van der Waals surface area contributed by atoms with Crippen molar-refractivity contribution in [2.75, 3.05) is 37.8 Å². The van der Waals surface area contributed by atoms with Gasteiger partial charge < -0.3 is 9.57 Å². The molecule has 4 nitrogen and oxygen atoms in total. The standard InChI is InChI=1S/C18H22Cl2N2O2S/c19-14-3-1-4-15(20)16(14)17-13-5-12-25-11-2-6-18(13,24-21-17)22-7-9-23-10-8-22/h1,3-4,13H,2,5-12H2. The van der Waals surface area contributed by atoms with E-state index in [1.807, 2.05) is 30.0 Å². The van der Waals surface area contributed by atoms with Gasteiger partial charge in [0.05, 0.1) is 34.9 Å². The molecule has 0 N–H and O–H groups in total. The van der Waals surface area contributed by atoms with Crippen molar-refractivity contribution in [2.45, 2.75) is 25.0 Å². The van der Waals surface area contributed by atoms with Crippen LogP contribution in [-0.4, -0.2) is 54.1 Å². The Morgan fingerprint density at radius 3 is 2.68 bits per heavy atom. The molecule has 0 saturated carbocycles. The van der Waals surface area contributed by atoms with E-state index in [1.54, 1.807) is 0 Å². The maximum absolute atomic E-state index is 6.49. The fraction of sp³-hybridized carbons (Fsp3) is 0.611. The van der Waals surface area contributed by atoms with Gasteiger partial charge in [0.25, 0.3) is 0 Å². The Kier molecular flexibility index (Phi) is 5.49. The lowest BCUT2D eigenvalue weighted by Crippen LogP contribution is -2.58. The lowest BCUT2D eigenvalue weighted by atomic mass is 9.81. The third kappa shape index (κ3) is 3.30. The largest absolute Gasteiger partial charge is 0.379 e. The second-order valence-electron chi connectivity index (χ2n) is 6.67. The lowest BCUT2D eigenvalue weighted by Gasteiger charge is -2.45. The molecule has 3 aliphatic heterocycles. The maximum Gasteiger partial charge on any atom is 0.200 e. The van der Waals surface area contributed by atoms with Crippen molar-refractivity contribution < 1.29 is 9.57 Å². The summed E-state index contributed by atoms with van der Waals surface area (Å²) < 4.78 is 5.56. The van der Waals surface area contributed by atoms with Gasteiger partial charge in [-0.25, -0.2) is 0 Å². The first-order valence-corrected chi connectivity index (χ1v) is 10.7. The van der Waals surface area contributed by atoms with Crippen LogP contribution in [0.5, 0.6) is 0 Å². The molecule has 0 aromatic heterocycles. The average Bonchev–Trinajstić information content (AvgIpc) is 2.94. The molecule has 2 saturated heterocycles. The molecule has 1 aromatic rings. The fourth-order valence-corrected chi connectivity index (χ4v) is 5.67. The maximum atomic E-state index is 6.49. The van der Waals surface area contributed by atoms with Crippen LogP contribution in [-0.2, 0) is 9.57 Å². The zero-order chi connectivity index (χ0) is 17.3. The molecule has 3 aliphatic rings. The number of oxime groups is 1. The molecule has 0 amide bonds. The molecule has 1 aromatic carbocycles. The highest BCUT2D eigenvalue weighted by molar-refractivity contribution is 7.99. The van der Waals surface area contributed by atoms with E-state index in [2.05, 4.69) is 10.1 Å². The van der Waals surface area contributed by atoms with Crippen molar-refractivity contribution in [3.05, 3.63) is 33.8 Å². The van der Waals surface area contributed by atoms with Crippen molar-refractivity contribution >= 4 is 40.7 Å². The van der Waals surface area contributed by atoms with Crippen LogP contribution < -0.4 is 0 Å². The number of morpholine rings is 1. The Morgan fingerprint density at radius 1 is 1.16 bits per heavy atom. The number of hydrogen-bond donors (Lipinski definition) is 0. The Labute approximate surface area is 162 Å². The summed E-state index contributed by atoms with van der Waals surface area (Å²) in [5, 5.41) is 5.84. The van der Waals surface area contributed by atoms with Crippen LogP contribution in [0.4, 0.5) is 0 Å². The zero-order valence-corrected chi connectivity index (χ0v) is 16.4. The van der Waals surface area contributed by atoms with Crippen LogP contribution >= 0.6 is 35.0 Å². The first-order chi connectivity index (χ1) is 12.2. The fourth-order valence-electron chi connectivity index (χ4n) is 4.12. The summed E-state index contributed by atoms with van der Waals surface area (Å²) in [6.07, 6.45) is 3.11. The minimum atomic E-state index is -0.386. The Morgan fingerprint density at radius 2 is 1.92 bits per heavy atom. The zero-order valence-electron chi connectivity index (χ0n) is 14.0. The molecule has 25 heavy (non-hydrogen) atoms. The Balaban J connectivity index is 1.73. The second kappa shape index (κ2) is 7.65. The molecule has 0 spiro atoms. The van der Waals surface area contributed by atoms with Gasteiger partial charge in [-0.3, -0.25) is 4.90 Å². The first kappa shape index (κ1) is 17.9. The topological polar surface area (TPSA) is 34.1 Å². The van der Waals surface area contributed by atoms with E-state index >= 15 is 0 Å². The Bertz CT molecular complexity index is 646. The van der Waals surface area contributed by atoms with Crippen LogP contribution in [0.2, 0.25) is 10.0 Å². The highest BCUT2D eigenvalue weighted by Crippen LogP contribution is 2.45. The molecule has 2 atom stereocenters. The van der Waals surface area contributed by atoms with Gasteiger partial charge >= 0.3 is 0 Å². The second-order valence-corrected chi connectivity index (χ2v) is 8.71. The van der Waals surface area contributed by atoms with E-state index in [-0.39, 0.29) is 11.6 Å². The number of thioether (sulfide) groups is 1. The van der Waals surface area contributed by atoms with Crippen molar-refractivity contribution in [3.63, 3.8) is 0 Å². The minimum absolute atomic E-state index is 0.177. The highest BCUT2D eigenvalue weighted by Gasteiger charge is 2.53. The van der Waals surface area contributed by atoms with E-state index in [4.69, 9.17) is 32.8 Å². The van der Waals surface area contributed by atoms with E-state index in [1.165, 1.54) is 5.75 Å². The number of nitrogens with zero attached hydrogens (tertiary/aromatic N) is 2. The highest BCUT2D eigenvalue weighted by atomic mass is 35.5. The predicted molar refractivity (Wildman–Crippen MR) is 104 cm³/mol. The average molecular weight is 401 g/mol. The molecule has 2 unspecified atom stereocenters. The molecule has 136 valence electrons. The minimum Gasteiger partial charge on any atom is -0.379 e. The van der Waals surface area contributed by atoms with Gasteiger partial charge in [0.1, 0.15) is 0 Å². The number of hydrogen-bond acceptors (Lipinski definition) is 5. The van der Waals surface area contributed by atoms with Crippen molar-refractivity contribution in [1.29, 1.82) is 0 Å². The Hall–Kier alpha value is -0.460. The summed E-state index contributed by atoms with van der Waals surface area (Å²) in [7, 11) is 0. The monoisotopic (exact) mass is 400 g/mol. The number of fused-ring (bicyclic) bond motifs is 1. The summed E-state index contributed by atoms with van der Waals surface area (Å²) in [6, 6.07) is 5.61. The molecule has 0 aliphatic carbocycles. The van der Waals surface area contributed by atoms with Gasteiger partial charge in [0.2, 0.25) is 0 Å². The van der Waals surface area contributed by atoms with Gasteiger partial charge in [-0.1, -0.05) is 34.4 Å². The summed E-state index contributed by atoms with van der Waals surface area (Å²) >= 11 is 15.0. The SMILES string of the molecule is Clc1cccc(Cl)c1C1=NOC2(N3CCOCC3)CCCSCCC12. The van der Waals surface area contributed by atoms with Crippen molar-refractivity contribution in [2.24, 2.45) is 11.1 Å². The summed E-state index contributed by atoms with van der Waals surface area (Å²) in [4.78, 5) is 8.66. The van der Waals surface area contributed by atoms with Crippen LogP contribution in [0.3, 0.4) is 0 Å². The number of benzene rings is 1. The van der Waals surface area contributed by atoms with Gasteiger partial charge in [-0.2, -0.15) is 11.8 Å². The molecule has 4 rings (SSSR count). The van der Waals surface area contributed by atoms with Crippen LogP contribution in [0.15, 0.2) is 23.4 Å². The molecular formula is C18H22Cl2N2O2S. The van der Waals surface area contributed by atoms with Crippen LogP contribution in [0.1, 0.15) is 24.8 Å². The predicted octanol–water partition coefficient (Wildman–Crippen LogP) is 4.29. The van der Waals surface area contributed by atoms with Crippen LogP contribution in [0.25, 0.3) is 0 Å². The molecule has 3 heterocycles. The molecule has 7 heteroatoms. The summed E-state index contributed by atoms with van der Waals surface area (Å²) in [5.74, 6) is 2.45. The summed E-state index contributed by atoms with van der Waals surface area (Å²) in [5.41, 5.74) is 1.35. The molecular weight excluding hydrogens is 379 g/mol. The van der Waals surface area contributed by atoms with Gasteiger partial charge in [-0.15, -0.1) is 0 Å². The number of ether oxygens (including phenoxy) is 1. The van der Waals surface area contributed by atoms with Crippen molar-refractivity contribution in [1.82, 2.24) is 4.90 Å². The normalized spacial score (nSPS) is 30.8. The van der Waals surface area contributed by atoms with Crippen molar-refractivity contribution in [3.8, 4) is 0 Å². The third-order valence-electron chi connectivity index (χ3n) is 5.32. The third-order valence-corrected chi connectivity index (χ3v) is 7.05. The van der Waals surface area contributed by atoms with E-state index in [9.17, 15) is 0 Å². The van der Waals surface area contributed by atoms with Crippen LogP contribution in [0, 0.1) is 5.92 Å². The summed E-state index contributed by atoms with van der Waals surface area (Å²) in [6.45, 7) is 3.24. The van der Waals surface area contributed by atoms with E-state index in [0.29, 0.717) is 10.0 Å². The van der Waals surface area contributed by atoms with E-state index in [0.717, 1.165) is 62.6 Å². The molecule has 0 radical (unpaired) electrons. The smallest absolute Gasteiger partial charge is 0.200 e. The van der Waals surface area contributed by atoms with E-state index < -0.39 is 0 Å². The lowest BCUT2D eigenvalue weighted by molar-refractivity contribution is -0.187. The first-order valence-electron chi connectivity index (χ1n) is 8.83. The number of rotatable bonds is 2. The number of halogens is 2.